The second-order valence-corrected chi connectivity index (χ2v) is 7.07. The Labute approximate surface area is 136 Å². The first-order valence-electron chi connectivity index (χ1n) is 6.97. The van der Waals surface area contributed by atoms with Crippen LogP contribution in [0.5, 0.6) is 5.75 Å². The molecule has 1 unspecified atom stereocenters. The highest BCUT2D eigenvalue weighted by Crippen LogP contribution is 2.25. The van der Waals surface area contributed by atoms with E-state index in [1.165, 1.54) is 19.1 Å². The Bertz CT molecular complexity index is 822. The molecule has 2 rings (SSSR count). The molecule has 120 valence electrons. The van der Waals surface area contributed by atoms with Crippen molar-refractivity contribution < 1.29 is 13.2 Å². The molecule has 0 bridgehead atoms. The van der Waals surface area contributed by atoms with Gasteiger partial charge in [-0.05, 0) is 43.7 Å². The molecule has 0 saturated carbocycles. The Balaban J connectivity index is 2.36. The van der Waals surface area contributed by atoms with E-state index in [1.54, 1.807) is 43.5 Å². The van der Waals surface area contributed by atoms with Gasteiger partial charge in [0.2, 0.25) is 10.0 Å². The zero-order valence-electron chi connectivity index (χ0n) is 13.2. The number of ether oxygens (including phenoxy) is 1. The summed E-state index contributed by atoms with van der Waals surface area (Å²) in [6, 6.07) is 15.2. The van der Waals surface area contributed by atoms with Crippen molar-refractivity contribution in [1.82, 2.24) is 4.72 Å². The molecule has 6 heteroatoms. The van der Waals surface area contributed by atoms with Gasteiger partial charge in [0.25, 0.3) is 0 Å². The van der Waals surface area contributed by atoms with Gasteiger partial charge in [0.05, 0.1) is 18.1 Å². The van der Waals surface area contributed by atoms with E-state index in [1.807, 2.05) is 13.0 Å². The molecule has 0 saturated heterocycles. The van der Waals surface area contributed by atoms with Gasteiger partial charge in [-0.25, -0.2) is 8.42 Å². The Kier molecular flexibility index (Phi) is 4.73. The zero-order valence-corrected chi connectivity index (χ0v) is 14.0. The molecule has 0 aliphatic heterocycles. The number of hydrogen-bond donors (Lipinski definition) is 1. The molecule has 0 spiro atoms. The molecule has 0 fully saturated rings. The predicted octanol–water partition coefficient (Wildman–Crippen LogP) is 2.72. The monoisotopic (exact) mass is 330 g/mol. The quantitative estimate of drug-likeness (QED) is 0.914. The van der Waals surface area contributed by atoms with E-state index in [0.29, 0.717) is 11.3 Å². The van der Waals surface area contributed by atoms with Crippen LogP contribution in [0, 0.1) is 18.3 Å². The van der Waals surface area contributed by atoms with E-state index >= 15 is 0 Å². The highest BCUT2D eigenvalue weighted by atomic mass is 32.2. The molecule has 0 heterocycles. The van der Waals surface area contributed by atoms with Gasteiger partial charge in [0.1, 0.15) is 11.3 Å². The van der Waals surface area contributed by atoms with Crippen LogP contribution in [-0.2, 0) is 15.6 Å². The Morgan fingerprint density at radius 3 is 2.13 bits per heavy atom. The minimum atomic E-state index is -3.81. The summed E-state index contributed by atoms with van der Waals surface area (Å²) < 4.78 is 32.6. The molecule has 2 aromatic rings. The number of sulfonamides is 1. The van der Waals surface area contributed by atoms with Crippen molar-refractivity contribution >= 4 is 10.0 Å². The van der Waals surface area contributed by atoms with Crippen LogP contribution in [0.25, 0.3) is 0 Å². The van der Waals surface area contributed by atoms with E-state index in [-0.39, 0.29) is 4.90 Å². The molecule has 0 amide bonds. The third kappa shape index (κ3) is 3.70. The van der Waals surface area contributed by atoms with Gasteiger partial charge in [0.15, 0.2) is 0 Å². The number of nitrogens with one attached hydrogen (secondary N) is 1. The van der Waals surface area contributed by atoms with Crippen LogP contribution in [0.3, 0.4) is 0 Å². The van der Waals surface area contributed by atoms with Crippen molar-refractivity contribution in [3.05, 3.63) is 59.7 Å². The number of aryl methyl sites for hydroxylation is 1. The van der Waals surface area contributed by atoms with Gasteiger partial charge in [0, 0.05) is 0 Å². The topological polar surface area (TPSA) is 79.2 Å². The van der Waals surface area contributed by atoms with Crippen LogP contribution in [0.1, 0.15) is 18.1 Å². The minimum absolute atomic E-state index is 0.123. The summed E-state index contributed by atoms with van der Waals surface area (Å²) >= 11 is 0. The first-order valence-corrected chi connectivity index (χ1v) is 8.45. The summed E-state index contributed by atoms with van der Waals surface area (Å²) in [4.78, 5) is 0.123. The molecular weight excluding hydrogens is 312 g/mol. The van der Waals surface area contributed by atoms with Crippen molar-refractivity contribution in [1.29, 1.82) is 5.26 Å². The highest BCUT2D eigenvalue weighted by molar-refractivity contribution is 7.89. The average molecular weight is 330 g/mol. The molecule has 2 aromatic carbocycles. The normalized spacial score (nSPS) is 13.8. The summed E-state index contributed by atoms with van der Waals surface area (Å²) in [5.74, 6) is 0.635. The Morgan fingerprint density at radius 1 is 1.09 bits per heavy atom. The fourth-order valence-corrected chi connectivity index (χ4v) is 3.43. The van der Waals surface area contributed by atoms with Crippen LogP contribution in [0.2, 0.25) is 0 Å². The minimum Gasteiger partial charge on any atom is -0.497 e. The third-order valence-corrected chi connectivity index (χ3v) is 5.13. The second kappa shape index (κ2) is 6.41. The van der Waals surface area contributed by atoms with Crippen molar-refractivity contribution in [2.24, 2.45) is 0 Å². The average Bonchev–Trinajstić information content (AvgIpc) is 2.55. The maximum atomic E-state index is 12.5. The number of nitriles is 1. The van der Waals surface area contributed by atoms with E-state index in [0.717, 1.165) is 5.56 Å². The third-order valence-electron chi connectivity index (χ3n) is 3.56. The smallest absolute Gasteiger partial charge is 0.242 e. The van der Waals surface area contributed by atoms with E-state index in [2.05, 4.69) is 4.72 Å². The lowest BCUT2D eigenvalue weighted by molar-refractivity contribution is 0.414. The molecule has 5 nitrogen and oxygen atoms in total. The number of benzene rings is 2. The van der Waals surface area contributed by atoms with Crippen molar-refractivity contribution in [2.45, 2.75) is 24.3 Å². The van der Waals surface area contributed by atoms with Crippen molar-refractivity contribution in [3.8, 4) is 11.8 Å². The molecule has 0 aromatic heterocycles. The van der Waals surface area contributed by atoms with Gasteiger partial charge in [-0.2, -0.15) is 9.98 Å². The highest BCUT2D eigenvalue weighted by Gasteiger charge is 2.32. The van der Waals surface area contributed by atoms with Gasteiger partial charge < -0.3 is 4.74 Å². The van der Waals surface area contributed by atoms with E-state index < -0.39 is 15.6 Å². The van der Waals surface area contributed by atoms with Gasteiger partial charge in [-0.1, -0.05) is 29.8 Å². The molecule has 0 radical (unpaired) electrons. The van der Waals surface area contributed by atoms with Crippen LogP contribution in [0.4, 0.5) is 0 Å². The van der Waals surface area contributed by atoms with E-state index in [4.69, 9.17) is 4.74 Å². The summed E-state index contributed by atoms with van der Waals surface area (Å²) in [7, 11) is -2.27. The molecule has 1 atom stereocenters. The molecule has 1 N–H and O–H groups in total. The largest absolute Gasteiger partial charge is 0.497 e. The molecule has 23 heavy (non-hydrogen) atoms. The maximum Gasteiger partial charge on any atom is 0.242 e. The lowest BCUT2D eigenvalue weighted by Crippen LogP contribution is -2.42. The van der Waals surface area contributed by atoms with Crippen LogP contribution in [-0.4, -0.2) is 15.5 Å². The number of methoxy groups -OCH3 is 1. The Hall–Kier alpha value is -2.36. The summed E-state index contributed by atoms with van der Waals surface area (Å²) in [5, 5.41) is 9.51. The lowest BCUT2D eigenvalue weighted by Gasteiger charge is -2.23. The van der Waals surface area contributed by atoms with Crippen LogP contribution >= 0.6 is 0 Å². The van der Waals surface area contributed by atoms with Crippen molar-refractivity contribution in [3.63, 3.8) is 0 Å². The van der Waals surface area contributed by atoms with Crippen molar-refractivity contribution in [2.75, 3.05) is 7.11 Å². The number of rotatable bonds is 5. The number of hydrogen-bond acceptors (Lipinski definition) is 4. The molecule has 0 aliphatic carbocycles. The summed E-state index contributed by atoms with van der Waals surface area (Å²) in [5.41, 5.74) is 0.120. The fourth-order valence-electron chi connectivity index (χ4n) is 2.12. The second-order valence-electron chi connectivity index (χ2n) is 5.38. The summed E-state index contributed by atoms with van der Waals surface area (Å²) in [6.07, 6.45) is 0. The lowest BCUT2D eigenvalue weighted by atomic mass is 9.95. The van der Waals surface area contributed by atoms with Gasteiger partial charge in [-0.15, -0.1) is 0 Å². The fraction of sp³-hybridized carbons (Fsp3) is 0.235. The van der Waals surface area contributed by atoms with Gasteiger partial charge >= 0.3 is 0 Å². The molecule has 0 aliphatic rings. The summed E-state index contributed by atoms with van der Waals surface area (Å²) in [6.45, 7) is 3.40. The SMILES string of the molecule is COc1ccc(C(C)(C#N)NS(=O)(=O)c2ccc(C)cc2)cc1. The standard InChI is InChI=1S/C17H18N2O3S/c1-13-4-10-16(11-5-13)23(20,21)19-17(2,12-18)14-6-8-15(22-3)9-7-14/h4-11,19H,1-3H3. The van der Waals surface area contributed by atoms with Crippen LogP contribution < -0.4 is 9.46 Å². The predicted molar refractivity (Wildman–Crippen MR) is 87.5 cm³/mol. The van der Waals surface area contributed by atoms with Crippen LogP contribution in [0.15, 0.2) is 53.4 Å². The Morgan fingerprint density at radius 2 is 1.65 bits per heavy atom. The first-order chi connectivity index (χ1) is 10.8. The van der Waals surface area contributed by atoms with Gasteiger partial charge in [-0.3, -0.25) is 0 Å². The maximum absolute atomic E-state index is 12.5. The number of nitrogens with zero attached hydrogens (tertiary/aromatic N) is 1. The molecular formula is C17H18N2O3S. The zero-order chi connectivity index (χ0) is 17.1. The first kappa shape index (κ1) is 17.0. The van der Waals surface area contributed by atoms with E-state index in [9.17, 15) is 13.7 Å².